The number of halogens is 1. The maximum atomic E-state index is 11.5. The van der Waals surface area contributed by atoms with Gasteiger partial charge >= 0.3 is 0 Å². The molecule has 2 rings (SSSR count). The third kappa shape index (κ3) is 2.39. The van der Waals surface area contributed by atoms with Crippen molar-refractivity contribution in [2.45, 2.75) is 18.9 Å². The zero-order valence-electron chi connectivity index (χ0n) is 8.53. The lowest BCUT2D eigenvalue weighted by molar-refractivity contribution is -0.116. The van der Waals surface area contributed by atoms with Crippen molar-refractivity contribution < 1.29 is 4.79 Å². The fourth-order valence-corrected chi connectivity index (χ4v) is 2.38. The van der Waals surface area contributed by atoms with Crippen LogP contribution in [0.25, 0.3) is 0 Å². The third-order valence-electron chi connectivity index (χ3n) is 2.84. The predicted octanol–water partition coefficient (Wildman–Crippen LogP) is 2.59. The molecule has 0 aliphatic carbocycles. The van der Waals surface area contributed by atoms with Gasteiger partial charge in [-0.05, 0) is 43.1 Å². The van der Waals surface area contributed by atoms with E-state index in [2.05, 4.69) is 4.90 Å². The first-order chi connectivity index (χ1) is 7.29. The number of hydrogen-bond acceptors (Lipinski definition) is 2. The quantitative estimate of drug-likeness (QED) is 0.735. The highest BCUT2D eigenvalue weighted by Crippen LogP contribution is 2.26. The van der Waals surface area contributed by atoms with Gasteiger partial charge in [-0.15, -0.1) is 0 Å². The van der Waals surface area contributed by atoms with E-state index in [9.17, 15) is 4.79 Å². The van der Waals surface area contributed by atoms with Gasteiger partial charge in [0, 0.05) is 0 Å². The van der Waals surface area contributed by atoms with E-state index in [-0.39, 0.29) is 11.3 Å². The Labute approximate surface area is 94.8 Å². The van der Waals surface area contributed by atoms with Crippen molar-refractivity contribution in [2.24, 2.45) is 0 Å². The highest BCUT2D eigenvalue weighted by Gasteiger charge is 2.27. The van der Waals surface area contributed by atoms with Gasteiger partial charge in [-0.25, -0.2) is 0 Å². The van der Waals surface area contributed by atoms with Crippen molar-refractivity contribution in [1.82, 2.24) is 4.90 Å². The van der Waals surface area contributed by atoms with Crippen molar-refractivity contribution in [3.63, 3.8) is 0 Å². The molecule has 1 aromatic rings. The lowest BCUT2D eigenvalue weighted by atomic mass is 10.1. The van der Waals surface area contributed by atoms with E-state index in [1.54, 1.807) is 0 Å². The Balaban J connectivity index is 2.23. The summed E-state index contributed by atoms with van der Waals surface area (Å²) in [6, 6.07) is 9.50. The largest absolute Gasteiger partial charge is 0.289 e. The molecular weight excluding hydrogens is 210 g/mol. The van der Waals surface area contributed by atoms with Crippen LogP contribution in [0, 0.1) is 0 Å². The SMILES string of the molecule is O=C(Cl)C(c1ccccc1)N1CCCC1. The Morgan fingerprint density at radius 1 is 1.20 bits per heavy atom. The minimum atomic E-state index is -0.275. The molecule has 15 heavy (non-hydrogen) atoms. The van der Waals surface area contributed by atoms with E-state index in [0.717, 1.165) is 31.5 Å². The molecule has 0 amide bonds. The van der Waals surface area contributed by atoms with Gasteiger partial charge in [-0.1, -0.05) is 30.3 Å². The Kier molecular flexibility index (Phi) is 3.39. The molecular formula is C12H14ClNO. The lowest BCUT2D eigenvalue weighted by Gasteiger charge is -2.24. The molecule has 1 aromatic carbocycles. The zero-order valence-corrected chi connectivity index (χ0v) is 9.28. The smallest absolute Gasteiger partial charge is 0.243 e. The van der Waals surface area contributed by atoms with Crippen molar-refractivity contribution in [3.8, 4) is 0 Å². The Morgan fingerprint density at radius 2 is 1.80 bits per heavy atom. The molecule has 0 spiro atoms. The van der Waals surface area contributed by atoms with Crippen molar-refractivity contribution in [3.05, 3.63) is 35.9 Å². The van der Waals surface area contributed by atoms with Crippen LogP contribution in [-0.2, 0) is 4.79 Å². The molecule has 1 aliphatic rings. The van der Waals surface area contributed by atoms with Crippen LogP contribution >= 0.6 is 11.6 Å². The molecule has 0 radical (unpaired) electrons. The average molecular weight is 224 g/mol. The van der Waals surface area contributed by atoms with Gasteiger partial charge in [0.25, 0.3) is 0 Å². The molecule has 1 atom stereocenters. The number of likely N-dealkylation sites (tertiary alicyclic amines) is 1. The average Bonchev–Trinajstić information content (AvgIpc) is 2.72. The number of carbonyl (C=O) groups excluding carboxylic acids is 1. The summed E-state index contributed by atoms with van der Waals surface area (Å²) in [4.78, 5) is 13.6. The maximum absolute atomic E-state index is 11.5. The second-order valence-corrected chi connectivity index (χ2v) is 4.23. The van der Waals surface area contributed by atoms with E-state index in [1.807, 2.05) is 30.3 Å². The molecule has 0 saturated carbocycles. The summed E-state index contributed by atoms with van der Waals surface area (Å²) in [7, 11) is 0. The van der Waals surface area contributed by atoms with Crippen molar-refractivity contribution in [1.29, 1.82) is 0 Å². The summed E-state index contributed by atoms with van der Waals surface area (Å²) < 4.78 is 0. The van der Waals surface area contributed by atoms with E-state index in [4.69, 9.17) is 11.6 Å². The van der Waals surface area contributed by atoms with Gasteiger partial charge in [-0.3, -0.25) is 9.69 Å². The predicted molar refractivity (Wildman–Crippen MR) is 60.9 cm³/mol. The molecule has 0 aromatic heterocycles. The molecule has 1 unspecified atom stereocenters. The van der Waals surface area contributed by atoms with E-state index in [0.29, 0.717) is 0 Å². The monoisotopic (exact) mass is 223 g/mol. The summed E-state index contributed by atoms with van der Waals surface area (Å²) in [5.41, 5.74) is 0.999. The summed E-state index contributed by atoms with van der Waals surface area (Å²) in [5, 5.41) is -0.275. The first-order valence-electron chi connectivity index (χ1n) is 5.27. The second-order valence-electron chi connectivity index (χ2n) is 3.86. The third-order valence-corrected chi connectivity index (χ3v) is 3.04. The zero-order chi connectivity index (χ0) is 10.7. The highest BCUT2D eigenvalue weighted by atomic mass is 35.5. The normalized spacial score (nSPS) is 19.0. The van der Waals surface area contributed by atoms with E-state index >= 15 is 0 Å². The first-order valence-corrected chi connectivity index (χ1v) is 5.65. The van der Waals surface area contributed by atoms with Crippen LogP contribution < -0.4 is 0 Å². The van der Waals surface area contributed by atoms with E-state index < -0.39 is 0 Å². The van der Waals surface area contributed by atoms with Gasteiger partial charge in [-0.2, -0.15) is 0 Å². The van der Waals surface area contributed by atoms with Gasteiger partial charge < -0.3 is 0 Å². The second kappa shape index (κ2) is 4.77. The summed E-state index contributed by atoms with van der Waals surface area (Å²) in [6.07, 6.45) is 2.32. The number of hydrogen-bond donors (Lipinski definition) is 0. The molecule has 1 heterocycles. The molecule has 80 valence electrons. The molecule has 3 heteroatoms. The minimum absolute atomic E-state index is 0.254. The van der Waals surface area contributed by atoms with Crippen molar-refractivity contribution in [2.75, 3.05) is 13.1 Å². The molecule has 1 saturated heterocycles. The Hall–Kier alpha value is -0.860. The van der Waals surface area contributed by atoms with Gasteiger partial charge in [0.1, 0.15) is 6.04 Å². The number of nitrogens with zero attached hydrogens (tertiary/aromatic N) is 1. The van der Waals surface area contributed by atoms with Crippen LogP contribution in [0.15, 0.2) is 30.3 Å². The van der Waals surface area contributed by atoms with Crippen LogP contribution in [0.5, 0.6) is 0 Å². The Bertz CT molecular complexity index is 333. The van der Waals surface area contributed by atoms with Gasteiger partial charge in [0.15, 0.2) is 0 Å². The lowest BCUT2D eigenvalue weighted by Crippen LogP contribution is -2.29. The fraction of sp³-hybridized carbons (Fsp3) is 0.417. The molecule has 1 fully saturated rings. The molecule has 1 aliphatic heterocycles. The van der Waals surface area contributed by atoms with Crippen LogP contribution in [0.4, 0.5) is 0 Å². The summed E-state index contributed by atoms with van der Waals surface area (Å²) in [6.45, 7) is 1.94. The van der Waals surface area contributed by atoms with E-state index in [1.165, 1.54) is 0 Å². The highest BCUT2D eigenvalue weighted by molar-refractivity contribution is 6.64. The topological polar surface area (TPSA) is 20.3 Å². The van der Waals surface area contributed by atoms with Crippen molar-refractivity contribution >= 4 is 16.8 Å². The number of benzene rings is 1. The summed E-state index contributed by atoms with van der Waals surface area (Å²) >= 11 is 5.68. The van der Waals surface area contributed by atoms with Gasteiger partial charge in [0.2, 0.25) is 5.24 Å². The number of carbonyl (C=O) groups is 1. The maximum Gasteiger partial charge on any atom is 0.243 e. The van der Waals surface area contributed by atoms with Crippen LogP contribution in [0.2, 0.25) is 0 Å². The standard InChI is InChI=1S/C12H14ClNO/c13-12(15)11(14-8-4-5-9-14)10-6-2-1-3-7-10/h1-3,6-7,11H,4-5,8-9H2. The van der Waals surface area contributed by atoms with Gasteiger partial charge in [0.05, 0.1) is 0 Å². The molecule has 0 bridgehead atoms. The summed E-state index contributed by atoms with van der Waals surface area (Å²) in [5.74, 6) is 0. The Morgan fingerprint density at radius 3 is 2.33 bits per heavy atom. The molecule has 0 N–H and O–H groups in total. The minimum Gasteiger partial charge on any atom is -0.289 e. The van der Waals surface area contributed by atoms with Crippen LogP contribution in [-0.4, -0.2) is 23.2 Å². The molecule has 2 nitrogen and oxygen atoms in total. The van der Waals surface area contributed by atoms with Crippen LogP contribution in [0.1, 0.15) is 24.4 Å². The van der Waals surface area contributed by atoms with Crippen LogP contribution in [0.3, 0.4) is 0 Å². The first kappa shape index (κ1) is 10.7. The number of rotatable bonds is 3. The fourth-order valence-electron chi connectivity index (χ4n) is 2.12.